The SMILES string of the molecule is CC(CF)c1cccc(Cl)c1C#N. The van der Waals surface area contributed by atoms with Gasteiger partial charge in [-0.1, -0.05) is 30.7 Å². The van der Waals surface area contributed by atoms with Gasteiger partial charge in [0, 0.05) is 5.92 Å². The zero-order valence-corrected chi connectivity index (χ0v) is 7.98. The van der Waals surface area contributed by atoms with Crippen molar-refractivity contribution in [1.82, 2.24) is 0 Å². The molecule has 0 amide bonds. The molecule has 1 unspecified atom stereocenters. The lowest BCUT2D eigenvalue weighted by molar-refractivity contribution is 0.447. The Labute approximate surface area is 81.8 Å². The third kappa shape index (κ3) is 1.99. The van der Waals surface area contributed by atoms with Crippen LogP contribution >= 0.6 is 11.6 Å². The second-order valence-corrected chi connectivity index (χ2v) is 3.28. The van der Waals surface area contributed by atoms with Gasteiger partial charge in [0.1, 0.15) is 6.07 Å². The molecule has 0 radical (unpaired) electrons. The molecule has 0 N–H and O–H groups in total. The van der Waals surface area contributed by atoms with Crippen LogP contribution in [0.5, 0.6) is 0 Å². The topological polar surface area (TPSA) is 23.8 Å². The molecular formula is C10H9ClFN. The molecule has 13 heavy (non-hydrogen) atoms. The Balaban J connectivity index is 3.22. The Hall–Kier alpha value is -1.07. The first-order valence-electron chi connectivity index (χ1n) is 3.95. The summed E-state index contributed by atoms with van der Waals surface area (Å²) in [6, 6.07) is 7.07. The van der Waals surface area contributed by atoms with Gasteiger partial charge >= 0.3 is 0 Å². The molecule has 1 aromatic carbocycles. The van der Waals surface area contributed by atoms with Crippen LogP contribution in [0.3, 0.4) is 0 Å². The smallest absolute Gasteiger partial charge is 0.101 e. The van der Waals surface area contributed by atoms with Gasteiger partial charge in [-0.3, -0.25) is 4.39 Å². The van der Waals surface area contributed by atoms with Crippen LogP contribution < -0.4 is 0 Å². The number of halogens is 2. The van der Waals surface area contributed by atoms with E-state index in [4.69, 9.17) is 16.9 Å². The van der Waals surface area contributed by atoms with Crippen molar-refractivity contribution in [2.24, 2.45) is 0 Å². The van der Waals surface area contributed by atoms with Crippen molar-refractivity contribution in [3.05, 3.63) is 34.3 Å². The average Bonchev–Trinajstić information content (AvgIpc) is 2.16. The van der Waals surface area contributed by atoms with Gasteiger partial charge in [0.05, 0.1) is 17.3 Å². The zero-order valence-electron chi connectivity index (χ0n) is 7.22. The Kier molecular flexibility index (Phi) is 3.27. The molecule has 0 fully saturated rings. The van der Waals surface area contributed by atoms with Gasteiger partial charge in [-0.2, -0.15) is 5.26 Å². The highest BCUT2D eigenvalue weighted by Crippen LogP contribution is 2.25. The third-order valence-electron chi connectivity index (χ3n) is 1.92. The fourth-order valence-electron chi connectivity index (χ4n) is 1.15. The maximum atomic E-state index is 12.4. The van der Waals surface area contributed by atoms with E-state index in [1.165, 1.54) is 0 Å². The lowest BCUT2D eigenvalue weighted by Gasteiger charge is -2.09. The largest absolute Gasteiger partial charge is 0.250 e. The van der Waals surface area contributed by atoms with Crippen molar-refractivity contribution in [2.75, 3.05) is 6.67 Å². The molecule has 0 aliphatic carbocycles. The van der Waals surface area contributed by atoms with Crippen LogP contribution in [-0.2, 0) is 0 Å². The Morgan fingerprint density at radius 2 is 2.31 bits per heavy atom. The second-order valence-electron chi connectivity index (χ2n) is 2.87. The Morgan fingerprint density at radius 1 is 1.62 bits per heavy atom. The zero-order chi connectivity index (χ0) is 9.84. The number of alkyl halides is 1. The Bertz CT molecular complexity index is 343. The number of benzene rings is 1. The molecule has 68 valence electrons. The van der Waals surface area contributed by atoms with Gasteiger partial charge in [0.2, 0.25) is 0 Å². The minimum atomic E-state index is -0.477. The lowest BCUT2D eigenvalue weighted by atomic mass is 9.97. The third-order valence-corrected chi connectivity index (χ3v) is 2.23. The number of rotatable bonds is 2. The standard InChI is InChI=1S/C10H9ClFN/c1-7(5-12)8-3-2-4-10(11)9(8)6-13/h2-4,7H,5H2,1H3. The summed E-state index contributed by atoms with van der Waals surface area (Å²) in [4.78, 5) is 0. The van der Waals surface area contributed by atoms with Gasteiger partial charge < -0.3 is 0 Å². The van der Waals surface area contributed by atoms with Crippen LogP contribution in [-0.4, -0.2) is 6.67 Å². The van der Waals surface area contributed by atoms with E-state index in [-0.39, 0.29) is 5.92 Å². The predicted molar refractivity (Wildman–Crippen MR) is 50.6 cm³/mol. The molecule has 0 aliphatic heterocycles. The van der Waals surface area contributed by atoms with Gasteiger partial charge in [0.25, 0.3) is 0 Å². The summed E-state index contributed by atoms with van der Waals surface area (Å²) < 4.78 is 12.4. The van der Waals surface area contributed by atoms with E-state index in [0.717, 1.165) is 0 Å². The summed E-state index contributed by atoms with van der Waals surface area (Å²) >= 11 is 5.79. The van der Waals surface area contributed by atoms with Gasteiger partial charge in [-0.15, -0.1) is 0 Å². The van der Waals surface area contributed by atoms with Crippen molar-refractivity contribution in [2.45, 2.75) is 12.8 Å². The first-order chi connectivity index (χ1) is 6.20. The van der Waals surface area contributed by atoms with E-state index in [2.05, 4.69) is 0 Å². The minimum Gasteiger partial charge on any atom is -0.250 e. The molecule has 0 aliphatic rings. The summed E-state index contributed by atoms with van der Waals surface area (Å²) in [6.45, 7) is 1.25. The molecule has 0 bridgehead atoms. The van der Waals surface area contributed by atoms with Crippen molar-refractivity contribution >= 4 is 11.6 Å². The van der Waals surface area contributed by atoms with Crippen molar-refractivity contribution < 1.29 is 4.39 Å². The van der Waals surface area contributed by atoms with Crippen LogP contribution in [0, 0.1) is 11.3 Å². The predicted octanol–water partition coefficient (Wildman–Crippen LogP) is 3.28. The van der Waals surface area contributed by atoms with Crippen LogP contribution in [0.2, 0.25) is 5.02 Å². The molecule has 0 saturated carbocycles. The summed E-state index contributed by atoms with van der Waals surface area (Å²) in [5, 5.41) is 9.18. The first-order valence-corrected chi connectivity index (χ1v) is 4.33. The van der Waals surface area contributed by atoms with Gasteiger partial charge in [0.15, 0.2) is 0 Å². The van der Waals surface area contributed by atoms with Gasteiger partial charge in [-0.25, -0.2) is 0 Å². The number of nitriles is 1. The maximum Gasteiger partial charge on any atom is 0.101 e. The molecule has 0 spiro atoms. The molecular weight excluding hydrogens is 189 g/mol. The summed E-state index contributed by atoms with van der Waals surface area (Å²) in [5.41, 5.74) is 1.06. The van der Waals surface area contributed by atoms with Crippen LogP contribution in [0.1, 0.15) is 24.0 Å². The quantitative estimate of drug-likeness (QED) is 0.714. The molecule has 1 nitrogen and oxygen atoms in total. The Morgan fingerprint density at radius 3 is 2.85 bits per heavy atom. The van der Waals surface area contributed by atoms with Crippen molar-refractivity contribution in [3.63, 3.8) is 0 Å². The lowest BCUT2D eigenvalue weighted by Crippen LogP contribution is -1.99. The molecule has 1 rings (SSSR count). The van der Waals surface area contributed by atoms with Crippen LogP contribution in [0.25, 0.3) is 0 Å². The highest BCUT2D eigenvalue weighted by molar-refractivity contribution is 6.31. The average molecular weight is 198 g/mol. The van der Waals surface area contributed by atoms with E-state index in [0.29, 0.717) is 16.1 Å². The minimum absolute atomic E-state index is 0.270. The highest BCUT2D eigenvalue weighted by Gasteiger charge is 2.12. The van der Waals surface area contributed by atoms with E-state index in [1.54, 1.807) is 25.1 Å². The van der Waals surface area contributed by atoms with Crippen LogP contribution in [0.4, 0.5) is 4.39 Å². The molecule has 0 heterocycles. The first kappa shape index (κ1) is 10.0. The monoisotopic (exact) mass is 197 g/mol. The van der Waals surface area contributed by atoms with Crippen LogP contribution in [0.15, 0.2) is 18.2 Å². The molecule has 3 heteroatoms. The molecule has 1 aromatic rings. The summed E-state index contributed by atoms with van der Waals surface area (Å²) in [5.74, 6) is -0.270. The summed E-state index contributed by atoms with van der Waals surface area (Å²) in [7, 11) is 0. The maximum absolute atomic E-state index is 12.4. The van der Waals surface area contributed by atoms with Crippen molar-refractivity contribution in [1.29, 1.82) is 5.26 Å². The van der Waals surface area contributed by atoms with Gasteiger partial charge in [-0.05, 0) is 11.6 Å². The molecule has 1 atom stereocenters. The number of hydrogen-bond acceptors (Lipinski definition) is 1. The number of hydrogen-bond donors (Lipinski definition) is 0. The van der Waals surface area contributed by atoms with Crippen molar-refractivity contribution in [3.8, 4) is 6.07 Å². The van der Waals surface area contributed by atoms with E-state index in [1.807, 2.05) is 6.07 Å². The highest BCUT2D eigenvalue weighted by atomic mass is 35.5. The van der Waals surface area contributed by atoms with E-state index >= 15 is 0 Å². The fourth-order valence-corrected chi connectivity index (χ4v) is 1.38. The second kappa shape index (κ2) is 4.25. The molecule has 0 saturated heterocycles. The normalized spacial score (nSPS) is 12.2. The molecule has 0 aromatic heterocycles. The number of nitrogens with zero attached hydrogens (tertiary/aromatic N) is 1. The van der Waals surface area contributed by atoms with E-state index in [9.17, 15) is 4.39 Å². The summed E-state index contributed by atoms with van der Waals surface area (Å²) in [6.07, 6.45) is 0. The fraction of sp³-hybridized carbons (Fsp3) is 0.300. The van der Waals surface area contributed by atoms with E-state index < -0.39 is 6.67 Å².